The van der Waals surface area contributed by atoms with Crippen molar-refractivity contribution in [2.45, 2.75) is 26.0 Å². The number of benzene rings is 2. The molecule has 2 rings (SSSR count). The Morgan fingerprint density at radius 2 is 1.76 bits per heavy atom. The van der Waals surface area contributed by atoms with Crippen LogP contribution in [0.25, 0.3) is 0 Å². The van der Waals surface area contributed by atoms with E-state index in [-0.39, 0.29) is 5.82 Å². The average molecular weight is 287 g/mol. The number of hydrogen-bond acceptors (Lipinski definition) is 2. The molecule has 3 heteroatoms. The van der Waals surface area contributed by atoms with Crippen LogP contribution in [0.3, 0.4) is 0 Å². The molecule has 2 aromatic carbocycles. The Labute approximate surface area is 125 Å². The molecule has 0 aliphatic carbocycles. The molecule has 0 amide bonds. The lowest BCUT2D eigenvalue weighted by Crippen LogP contribution is -2.21. The normalized spacial score (nSPS) is 12.6. The summed E-state index contributed by atoms with van der Waals surface area (Å²) in [6.45, 7) is 3.76. The van der Waals surface area contributed by atoms with E-state index in [1.165, 1.54) is 23.3 Å². The van der Waals surface area contributed by atoms with Crippen molar-refractivity contribution in [3.8, 4) is 0 Å². The third-order valence-corrected chi connectivity index (χ3v) is 3.74. The summed E-state index contributed by atoms with van der Waals surface area (Å²) in [6, 6.07) is 14.4. The zero-order valence-electron chi connectivity index (χ0n) is 12.6. The predicted molar refractivity (Wildman–Crippen MR) is 83.5 cm³/mol. The van der Waals surface area contributed by atoms with E-state index in [4.69, 9.17) is 0 Å². The molecule has 0 aromatic heterocycles. The number of aliphatic hydroxyl groups excluding tert-OH is 1. The van der Waals surface area contributed by atoms with Crippen molar-refractivity contribution in [2.24, 2.45) is 0 Å². The van der Waals surface area contributed by atoms with E-state index in [9.17, 15) is 9.50 Å². The SMILES string of the molecule is Cc1ccccc1CN(C)CCC(O)c1ccc(F)cc1. The van der Waals surface area contributed by atoms with Crippen LogP contribution in [0.15, 0.2) is 48.5 Å². The highest BCUT2D eigenvalue weighted by Gasteiger charge is 2.10. The summed E-state index contributed by atoms with van der Waals surface area (Å²) in [6.07, 6.45) is 0.0820. The lowest BCUT2D eigenvalue weighted by atomic mass is 10.1. The highest BCUT2D eigenvalue weighted by atomic mass is 19.1. The van der Waals surface area contributed by atoms with E-state index in [2.05, 4.69) is 24.0 Å². The zero-order valence-corrected chi connectivity index (χ0v) is 12.6. The van der Waals surface area contributed by atoms with Gasteiger partial charge in [0.2, 0.25) is 0 Å². The van der Waals surface area contributed by atoms with E-state index in [0.29, 0.717) is 6.42 Å². The van der Waals surface area contributed by atoms with Crippen LogP contribution in [0.5, 0.6) is 0 Å². The summed E-state index contributed by atoms with van der Waals surface area (Å²) < 4.78 is 12.9. The van der Waals surface area contributed by atoms with Gasteiger partial charge in [-0.3, -0.25) is 0 Å². The van der Waals surface area contributed by atoms with Gasteiger partial charge in [0.05, 0.1) is 6.10 Å². The first-order valence-corrected chi connectivity index (χ1v) is 7.23. The Morgan fingerprint density at radius 1 is 1.10 bits per heavy atom. The van der Waals surface area contributed by atoms with Crippen LogP contribution < -0.4 is 0 Å². The lowest BCUT2D eigenvalue weighted by molar-refractivity contribution is 0.147. The first-order chi connectivity index (χ1) is 10.1. The molecule has 21 heavy (non-hydrogen) atoms. The van der Waals surface area contributed by atoms with Crippen LogP contribution in [-0.2, 0) is 6.54 Å². The molecule has 0 saturated heterocycles. The molecule has 112 valence electrons. The Bertz CT molecular complexity index is 568. The van der Waals surface area contributed by atoms with Gasteiger partial charge in [-0.1, -0.05) is 36.4 Å². The number of aryl methyl sites for hydroxylation is 1. The molecule has 0 aliphatic rings. The summed E-state index contributed by atoms with van der Waals surface area (Å²) >= 11 is 0. The Hall–Kier alpha value is -1.71. The van der Waals surface area contributed by atoms with E-state index < -0.39 is 6.10 Å². The van der Waals surface area contributed by atoms with Crippen LogP contribution in [0.2, 0.25) is 0 Å². The monoisotopic (exact) mass is 287 g/mol. The van der Waals surface area contributed by atoms with Gasteiger partial charge in [0.25, 0.3) is 0 Å². The van der Waals surface area contributed by atoms with E-state index in [1.807, 2.05) is 19.2 Å². The smallest absolute Gasteiger partial charge is 0.123 e. The van der Waals surface area contributed by atoms with Crippen molar-refractivity contribution >= 4 is 0 Å². The molecule has 0 heterocycles. The first-order valence-electron chi connectivity index (χ1n) is 7.23. The minimum absolute atomic E-state index is 0.275. The Balaban J connectivity index is 1.85. The largest absolute Gasteiger partial charge is 0.388 e. The average Bonchev–Trinajstić information content (AvgIpc) is 2.48. The quantitative estimate of drug-likeness (QED) is 0.876. The lowest BCUT2D eigenvalue weighted by Gasteiger charge is -2.20. The van der Waals surface area contributed by atoms with Gasteiger partial charge in [0.15, 0.2) is 0 Å². The van der Waals surface area contributed by atoms with Gasteiger partial charge in [-0.2, -0.15) is 0 Å². The number of aliphatic hydroxyl groups is 1. The van der Waals surface area contributed by atoms with Gasteiger partial charge in [0.1, 0.15) is 5.82 Å². The summed E-state index contributed by atoms with van der Waals surface area (Å²) in [5.41, 5.74) is 3.35. The summed E-state index contributed by atoms with van der Waals surface area (Å²) in [5.74, 6) is -0.275. The van der Waals surface area contributed by atoms with Gasteiger partial charge in [0, 0.05) is 13.1 Å². The van der Waals surface area contributed by atoms with E-state index in [0.717, 1.165) is 18.7 Å². The molecular weight excluding hydrogens is 265 g/mol. The first kappa shape index (κ1) is 15.7. The fourth-order valence-corrected chi connectivity index (χ4v) is 2.35. The van der Waals surface area contributed by atoms with Gasteiger partial charge >= 0.3 is 0 Å². The third kappa shape index (κ3) is 4.66. The highest BCUT2D eigenvalue weighted by molar-refractivity contribution is 5.25. The number of rotatable bonds is 6. The highest BCUT2D eigenvalue weighted by Crippen LogP contribution is 2.18. The third-order valence-electron chi connectivity index (χ3n) is 3.74. The molecule has 0 saturated carbocycles. The predicted octanol–water partition coefficient (Wildman–Crippen LogP) is 3.69. The molecule has 0 spiro atoms. The van der Waals surface area contributed by atoms with Crippen LogP contribution in [0, 0.1) is 12.7 Å². The topological polar surface area (TPSA) is 23.5 Å². The maximum atomic E-state index is 12.9. The van der Waals surface area contributed by atoms with Gasteiger partial charge in [-0.05, 0) is 49.2 Å². The summed E-state index contributed by atoms with van der Waals surface area (Å²) in [7, 11) is 2.05. The van der Waals surface area contributed by atoms with Crippen molar-refractivity contribution in [1.82, 2.24) is 4.90 Å². The van der Waals surface area contributed by atoms with Gasteiger partial charge < -0.3 is 10.0 Å². The summed E-state index contributed by atoms with van der Waals surface area (Å²) in [4.78, 5) is 2.19. The van der Waals surface area contributed by atoms with Crippen molar-refractivity contribution < 1.29 is 9.50 Å². The molecule has 1 atom stereocenters. The minimum Gasteiger partial charge on any atom is -0.388 e. The second-order valence-corrected chi connectivity index (χ2v) is 5.52. The maximum Gasteiger partial charge on any atom is 0.123 e. The molecular formula is C18H22FNO. The molecule has 1 unspecified atom stereocenters. The summed E-state index contributed by atoms with van der Waals surface area (Å²) in [5, 5.41) is 10.1. The van der Waals surface area contributed by atoms with Crippen LogP contribution in [0.4, 0.5) is 4.39 Å². The second kappa shape index (κ2) is 7.34. The number of halogens is 1. The van der Waals surface area contributed by atoms with E-state index in [1.54, 1.807) is 12.1 Å². The fraction of sp³-hybridized carbons (Fsp3) is 0.333. The zero-order chi connectivity index (χ0) is 15.2. The molecule has 0 aliphatic heterocycles. The molecule has 0 radical (unpaired) electrons. The Kier molecular flexibility index (Phi) is 5.48. The molecule has 2 nitrogen and oxygen atoms in total. The number of nitrogens with zero attached hydrogens (tertiary/aromatic N) is 1. The number of hydrogen-bond donors (Lipinski definition) is 1. The minimum atomic E-state index is -0.551. The van der Waals surface area contributed by atoms with E-state index >= 15 is 0 Å². The molecule has 0 bridgehead atoms. The van der Waals surface area contributed by atoms with Crippen molar-refractivity contribution in [2.75, 3.05) is 13.6 Å². The van der Waals surface area contributed by atoms with Crippen molar-refractivity contribution in [1.29, 1.82) is 0 Å². The van der Waals surface area contributed by atoms with Crippen molar-refractivity contribution in [3.63, 3.8) is 0 Å². The van der Waals surface area contributed by atoms with Gasteiger partial charge in [-0.25, -0.2) is 4.39 Å². The molecule has 2 aromatic rings. The van der Waals surface area contributed by atoms with Crippen LogP contribution in [0.1, 0.15) is 29.2 Å². The van der Waals surface area contributed by atoms with Crippen molar-refractivity contribution in [3.05, 3.63) is 71.0 Å². The Morgan fingerprint density at radius 3 is 2.43 bits per heavy atom. The molecule has 0 fully saturated rings. The fourth-order valence-electron chi connectivity index (χ4n) is 2.35. The maximum absolute atomic E-state index is 12.9. The standard InChI is InChI=1S/C18H22FNO/c1-14-5-3-4-6-16(14)13-20(2)12-11-18(21)15-7-9-17(19)10-8-15/h3-10,18,21H,11-13H2,1-2H3. The molecule has 1 N–H and O–H groups in total. The van der Waals surface area contributed by atoms with Crippen LogP contribution >= 0.6 is 0 Å². The van der Waals surface area contributed by atoms with Crippen LogP contribution in [-0.4, -0.2) is 23.6 Å². The second-order valence-electron chi connectivity index (χ2n) is 5.52. The van der Waals surface area contributed by atoms with Gasteiger partial charge in [-0.15, -0.1) is 0 Å².